The topological polar surface area (TPSA) is 72.2 Å². The first-order chi connectivity index (χ1) is 9.23. The molecule has 112 valence electrons. The molecule has 0 aliphatic heterocycles. The summed E-state index contributed by atoms with van der Waals surface area (Å²) in [6.45, 7) is 6.24. The molecule has 1 aliphatic rings. The number of nitrogens with one attached hydrogen (secondary N) is 1. The van der Waals surface area contributed by atoms with Crippen LogP contribution >= 0.6 is 0 Å². The number of nitrogen functional groups attached to an aromatic ring is 1. The summed E-state index contributed by atoms with van der Waals surface area (Å²) in [7, 11) is -3.47. The maximum absolute atomic E-state index is 12.5. The Hall–Kier alpha value is -1.07. The van der Waals surface area contributed by atoms with Gasteiger partial charge in [-0.2, -0.15) is 0 Å². The second kappa shape index (κ2) is 5.37. The lowest BCUT2D eigenvalue weighted by atomic mass is 9.89. The van der Waals surface area contributed by atoms with Gasteiger partial charge in [0.25, 0.3) is 0 Å². The first-order valence-electron chi connectivity index (χ1n) is 7.10. The van der Waals surface area contributed by atoms with Gasteiger partial charge in [-0.15, -0.1) is 0 Å². The van der Waals surface area contributed by atoms with Crippen molar-refractivity contribution >= 4 is 15.7 Å². The van der Waals surface area contributed by atoms with Gasteiger partial charge in [-0.3, -0.25) is 0 Å². The van der Waals surface area contributed by atoms with Gasteiger partial charge in [-0.05, 0) is 55.4 Å². The number of benzene rings is 1. The van der Waals surface area contributed by atoms with E-state index in [0.717, 1.165) is 12.8 Å². The molecule has 1 saturated carbocycles. The largest absolute Gasteiger partial charge is 0.399 e. The molecule has 0 atom stereocenters. The summed E-state index contributed by atoms with van der Waals surface area (Å²) in [5, 5.41) is 0. The zero-order valence-electron chi connectivity index (χ0n) is 12.5. The summed E-state index contributed by atoms with van der Waals surface area (Å²) in [5.41, 5.74) is 7.85. The Morgan fingerprint density at radius 2 is 1.70 bits per heavy atom. The van der Waals surface area contributed by atoms with E-state index >= 15 is 0 Å². The maximum atomic E-state index is 12.5. The summed E-state index contributed by atoms with van der Waals surface area (Å²) >= 11 is 0. The molecule has 0 heterocycles. The van der Waals surface area contributed by atoms with E-state index in [0.29, 0.717) is 28.3 Å². The van der Waals surface area contributed by atoms with Gasteiger partial charge in [-0.25, -0.2) is 13.1 Å². The molecule has 2 rings (SSSR count). The first kappa shape index (κ1) is 15.3. The van der Waals surface area contributed by atoms with Gasteiger partial charge < -0.3 is 5.73 Å². The van der Waals surface area contributed by atoms with Crippen molar-refractivity contribution in [3.05, 3.63) is 23.3 Å². The molecular weight excluding hydrogens is 272 g/mol. The van der Waals surface area contributed by atoms with Crippen LogP contribution in [-0.4, -0.2) is 15.0 Å². The van der Waals surface area contributed by atoms with E-state index in [1.165, 1.54) is 12.8 Å². The van der Waals surface area contributed by atoms with E-state index in [4.69, 9.17) is 5.73 Å². The number of nitrogens with two attached hydrogens (primary N) is 1. The van der Waals surface area contributed by atoms with Crippen molar-refractivity contribution in [1.82, 2.24) is 4.72 Å². The highest BCUT2D eigenvalue weighted by Gasteiger charge is 2.31. The second-order valence-corrected chi connectivity index (χ2v) is 8.03. The second-order valence-electron chi connectivity index (χ2n) is 6.33. The van der Waals surface area contributed by atoms with Crippen LogP contribution in [0.1, 0.15) is 43.7 Å². The van der Waals surface area contributed by atoms with E-state index in [1.807, 2.05) is 0 Å². The van der Waals surface area contributed by atoms with Crippen molar-refractivity contribution < 1.29 is 8.42 Å². The molecule has 3 N–H and O–H groups in total. The molecule has 4 nitrogen and oxygen atoms in total. The van der Waals surface area contributed by atoms with Crippen LogP contribution in [-0.2, 0) is 10.0 Å². The minimum absolute atomic E-state index is 0.0999. The van der Waals surface area contributed by atoms with Crippen LogP contribution in [0.4, 0.5) is 5.69 Å². The van der Waals surface area contributed by atoms with Crippen molar-refractivity contribution in [2.75, 3.05) is 12.3 Å². The summed E-state index contributed by atoms with van der Waals surface area (Å²) in [5.74, 6) is 0. The Morgan fingerprint density at radius 3 is 2.20 bits per heavy atom. The maximum Gasteiger partial charge on any atom is 0.241 e. The molecule has 0 radical (unpaired) electrons. The molecule has 1 aromatic carbocycles. The molecular formula is C15H24N2O2S. The standard InChI is InChI=1S/C15H24N2O2S/c1-11-8-13(16)9-12(2)14(11)20(18,19)17-10-15(3)6-4-5-7-15/h8-9,17H,4-7,10,16H2,1-3H3. The molecule has 5 heteroatoms. The minimum atomic E-state index is -3.47. The molecule has 0 saturated heterocycles. The van der Waals surface area contributed by atoms with E-state index < -0.39 is 10.0 Å². The van der Waals surface area contributed by atoms with Crippen LogP contribution in [0.2, 0.25) is 0 Å². The van der Waals surface area contributed by atoms with Crippen LogP contribution in [0.5, 0.6) is 0 Å². The third-order valence-electron chi connectivity index (χ3n) is 4.25. The average molecular weight is 296 g/mol. The van der Waals surface area contributed by atoms with Gasteiger partial charge >= 0.3 is 0 Å². The zero-order chi connectivity index (χ0) is 15.0. The van der Waals surface area contributed by atoms with Crippen molar-refractivity contribution in [1.29, 1.82) is 0 Å². The number of aryl methyl sites for hydroxylation is 2. The Labute approximate surface area is 121 Å². The van der Waals surface area contributed by atoms with Gasteiger partial charge in [0.05, 0.1) is 4.90 Å². The number of hydrogen-bond acceptors (Lipinski definition) is 3. The van der Waals surface area contributed by atoms with Gasteiger partial charge in [0.15, 0.2) is 0 Å². The smallest absolute Gasteiger partial charge is 0.241 e. The van der Waals surface area contributed by atoms with E-state index in [9.17, 15) is 8.42 Å². The predicted molar refractivity (Wildman–Crippen MR) is 82.1 cm³/mol. The molecule has 0 aromatic heterocycles. The number of hydrogen-bond donors (Lipinski definition) is 2. The third-order valence-corrected chi connectivity index (χ3v) is 5.96. The lowest BCUT2D eigenvalue weighted by Crippen LogP contribution is -2.34. The molecule has 1 fully saturated rings. The van der Waals surface area contributed by atoms with Crippen LogP contribution in [0, 0.1) is 19.3 Å². The van der Waals surface area contributed by atoms with Gasteiger partial charge in [-0.1, -0.05) is 19.8 Å². The monoisotopic (exact) mass is 296 g/mol. The summed E-state index contributed by atoms with van der Waals surface area (Å²) in [6, 6.07) is 3.41. The quantitative estimate of drug-likeness (QED) is 0.839. The summed E-state index contributed by atoms with van der Waals surface area (Å²) in [4.78, 5) is 0.369. The summed E-state index contributed by atoms with van der Waals surface area (Å²) < 4.78 is 27.9. The molecule has 0 spiro atoms. The number of sulfonamides is 1. The van der Waals surface area contributed by atoms with Crippen molar-refractivity contribution in [2.24, 2.45) is 5.41 Å². The lowest BCUT2D eigenvalue weighted by Gasteiger charge is -2.24. The zero-order valence-corrected chi connectivity index (χ0v) is 13.3. The normalized spacial score (nSPS) is 18.4. The van der Waals surface area contributed by atoms with E-state index in [1.54, 1.807) is 26.0 Å². The van der Waals surface area contributed by atoms with Crippen LogP contribution in [0.3, 0.4) is 0 Å². The molecule has 0 amide bonds. The first-order valence-corrected chi connectivity index (χ1v) is 8.58. The predicted octanol–water partition coefficient (Wildman–Crippen LogP) is 2.74. The third kappa shape index (κ3) is 3.15. The van der Waals surface area contributed by atoms with E-state index in [2.05, 4.69) is 11.6 Å². The van der Waals surface area contributed by atoms with Crippen molar-refractivity contribution in [2.45, 2.75) is 51.3 Å². The highest BCUT2D eigenvalue weighted by molar-refractivity contribution is 7.89. The van der Waals surface area contributed by atoms with Gasteiger partial charge in [0, 0.05) is 12.2 Å². The molecule has 1 aromatic rings. The molecule has 20 heavy (non-hydrogen) atoms. The highest BCUT2D eigenvalue weighted by Crippen LogP contribution is 2.37. The van der Waals surface area contributed by atoms with Gasteiger partial charge in [0.1, 0.15) is 0 Å². The lowest BCUT2D eigenvalue weighted by molar-refractivity contribution is 0.336. The highest BCUT2D eigenvalue weighted by atomic mass is 32.2. The fourth-order valence-electron chi connectivity index (χ4n) is 3.15. The average Bonchev–Trinajstić information content (AvgIpc) is 2.73. The van der Waals surface area contributed by atoms with Crippen LogP contribution < -0.4 is 10.5 Å². The van der Waals surface area contributed by atoms with Crippen molar-refractivity contribution in [3.63, 3.8) is 0 Å². The molecule has 1 aliphatic carbocycles. The minimum Gasteiger partial charge on any atom is -0.399 e. The Morgan fingerprint density at radius 1 is 1.20 bits per heavy atom. The molecule has 0 bridgehead atoms. The number of anilines is 1. The summed E-state index contributed by atoms with van der Waals surface area (Å²) in [6.07, 6.45) is 4.57. The van der Waals surface area contributed by atoms with Crippen LogP contribution in [0.25, 0.3) is 0 Å². The fourth-order valence-corrected chi connectivity index (χ4v) is 4.80. The Kier molecular flexibility index (Phi) is 4.12. The Bertz CT molecular complexity index is 579. The Balaban J connectivity index is 2.23. The fraction of sp³-hybridized carbons (Fsp3) is 0.600. The van der Waals surface area contributed by atoms with Gasteiger partial charge in [0.2, 0.25) is 10.0 Å². The van der Waals surface area contributed by atoms with Crippen LogP contribution in [0.15, 0.2) is 17.0 Å². The SMILES string of the molecule is Cc1cc(N)cc(C)c1S(=O)(=O)NCC1(C)CCCC1. The number of rotatable bonds is 4. The van der Waals surface area contributed by atoms with E-state index in [-0.39, 0.29) is 5.41 Å². The molecule has 0 unspecified atom stereocenters. The van der Waals surface area contributed by atoms with Crippen molar-refractivity contribution in [3.8, 4) is 0 Å².